The molecule has 16 heavy (non-hydrogen) atoms. The van der Waals surface area contributed by atoms with Crippen LogP contribution in [0.4, 0.5) is 4.79 Å². The molecule has 0 fully saturated rings. The number of rotatable bonds is 4. The van der Waals surface area contributed by atoms with Gasteiger partial charge in [0.15, 0.2) is 0 Å². The van der Waals surface area contributed by atoms with Crippen LogP contribution in [0.25, 0.3) is 0 Å². The molecule has 1 aromatic rings. The van der Waals surface area contributed by atoms with Crippen molar-refractivity contribution < 1.29 is 9.53 Å². The molecule has 0 heterocycles. The molecule has 0 spiro atoms. The van der Waals surface area contributed by atoms with Crippen LogP contribution in [0.1, 0.15) is 37.0 Å². The van der Waals surface area contributed by atoms with Gasteiger partial charge in [-0.25, -0.2) is 4.79 Å². The highest BCUT2D eigenvalue weighted by Gasteiger charge is 2.19. The van der Waals surface area contributed by atoms with Gasteiger partial charge in [-0.3, -0.25) is 0 Å². The number of halogens is 1. The van der Waals surface area contributed by atoms with Gasteiger partial charge in [-0.15, -0.1) is 0 Å². The highest BCUT2D eigenvalue weighted by atomic mass is 35.5. The topological polar surface area (TPSA) is 52.3 Å². The second kappa shape index (κ2) is 5.75. The normalized spacial score (nSPS) is 12.2. The van der Waals surface area contributed by atoms with Crippen LogP contribution in [-0.4, -0.2) is 6.09 Å². The van der Waals surface area contributed by atoms with Crippen molar-refractivity contribution in [2.24, 2.45) is 5.73 Å². The lowest BCUT2D eigenvalue weighted by atomic mass is 10.00. The zero-order valence-corrected chi connectivity index (χ0v) is 10.3. The van der Waals surface area contributed by atoms with Gasteiger partial charge in [0, 0.05) is 10.6 Å². The number of amides is 1. The molecule has 1 amide bonds. The second-order valence-electron chi connectivity index (χ2n) is 3.68. The minimum atomic E-state index is -0.766. The average Bonchev–Trinajstić information content (AvgIpc) is 2.16. The Hall–Kier alpha value is -1.22. The monoisotopic (exact) mass is 241 g/mol. The van der Waals surface area contributed by atoms with Gasteiger partial charge in [-0.1, -0.05) is 37.1 Å². The predicted molar refractivity (Wildman–Crippen MR) is 64.5 cm³/mol. The third-order valence-corrected chi connectivity index (χ3v) is 2.73. The van der Waals surface area contributed by atoms with Crippen molar-refractivity contribution in [2.75, 3.05) is 0 Å². The van der Waals surface area contributed by atoms with Gasteiger partial charge in [0.1, 0.15) is 6.10 Å². The molecular formula is C12H16ClNO2. The van der Waals surface area contributed by atoms with Crippen LogP contribution in [-0.2, 0) is 4.74 Å². The van der Waals surface area contributed by atoms with Crippen LogP contribution < -0.4 is 5.73 Å². The number of ether oxygens (including phenoxy) is 1. The fourth-order valence-corrected chi connectivity index (χ4v) is 2.06. The number of carbonyl (C=O) groups excluding carboxylic acids is 1. The summed E-state index contributed by atoms with van der Waals surface area (Å²) in [7, 11) is 0. The Bertz CT molecular complexity index is 359. The van der Waals surface area contributed by atoms with E-state index in [1.807, 2.05) is 26.0 Å². The first-order chi connectivity index (χ1) is 7.56. The molecule has 0 bridgehead atoms. The number of aryl methyl sites for hydroxylation is 1. The number of hydrogen-bond donors (Lipinski definition) is 1. The van der Waals surface area contributed by atoms with Crippen molar-refractivity contribution in [1.29, 1.82) is 0 Å². The first-order valence-corrected chi connectivity index (χ1v) is 5.65. The molecular weight excluding hydrogens is 226 g/mol. The number of nitrogens with two attached hydrogens (primary N) is 1. The van der Waals surface area contributed by atoms with Gasteiger partial charge in [-0.05, 0) is 25.0 Å². The molecule has 4 heteroatoms. The molecule has 1 aromatic carbocycles. The number of hydrogen-bond acceptors (Lipinski definition) is 2. The summed E-state index contributed by atoms with van der Waals surface area (Å²) in [5.74, 6) is 0. The molecule has 0 saturated carbocycles. The third-order valence-electron chi connectivity index (χ3n) is 2.40. The van der Waals surface area contributed by atoms with Gasteiger partial charge in [-0.2, -0.15) is 0 Å². The molecule has 0 aliphatic heterocycles. The van der Waals surface area contributed by atoms with E-state index < -0.39 is 6.09 Å². The minimum Gasteiger partial charge on any atom is -0.441 e. The van der Waals surface area contributed by atoms with E-state index in [0.29, 0.717) is 11.4 Å². The van der Waals surface area contributed by atoms with Gasteiger partial charge in [0.05, 0.1) is 0 Å². The first kappa shape index (κ1) is 12.8. The molecule has 88 valence electrons. The molecule has 0 radical (unpaired) electrons. The highest BCUT2D eigenvalue weighted by Crippen LogP contribution is 2.31. The predicted octanol–water partition coefficient (Wildman–Crippen LogP) is 3.58. The molecule has 1 atom stereocenters. The summed E-state index contributed by atoms with van der Waals surface area (Å²) in [4.78, 5) is 10.8. The van der Waals surface area contributed by atoms with Gasteiger partial charge < -0.3 is 10.5 Å². The standard InChI is InChI=1S/C12H16ClNO2/c1-3-5-10(16-12(14)15)11-8(2)6-4-7-9(11)13/h4,6-7,10H,3,5H2,1-2H3,(H2,14,15). The van der Waals surface area contributed by atoms with Crippen LogP contribution in [0.5, 0.6) is 0 Å². The average molecular weight is 242 g/mol. The lowest BCUT2D eigenvalue weighted by molar-refractivity contribution is 0.100. The smallest absolute Gasteiger partial charge is 0.405 e. The van der Waals surface area contributed by atoms with Crippen molar-refractivity contribution in [2.45, 2.75) is 32.8 Å². The van der Waals surface area contributed by atoms with Crippen molar-refractivity contribution in [1.82, 2.24) is 0 Å². The lowest BCUT2D eigenvalue weighted by Crippen LogP contribution is -2.18. The molecule has 0 aliphatic carbocycles. The van der Waals surface area contributed by atoms with Crippen LogP contribution in [0.2, 0.25) is 5.02 Å². The van der Waals surface area contributed by atoms with Crippen LogP contribution in [0, 0.1) is 6.92 Å². The molecule has 1 unspecified atom stereocenters. The largest absolute Gasteiger partial charge is 0.441 e. The molecule has 3 nitrogen and oxygen atoms in total. The van der Waals surface area contributed by atoms with Crippen molar-refractivity contribution >= 4 is 17.7 Å². The van der Waals surface area contributed by atoms with E-state index in [9.17, 15) is 4.79 Å². The number of primary amides is 1. The van der Waals surface area contributed by atoms with E-state index in [-0.39, 0.29) is 6.10 Å². The van der Waals surface area contributed by atoms with Crippen LogP contribution in [0.3, 0.4) is 0 Å². The Morgan fingerprint density at radius 3 is 2.75 bits per heavy atom. The quantitative estimate of drug-likeness (QED) is 0.876. The maximum atomic E-state index is 10.8. The fourth-order valence-electron chi connectivity index (χ4n) is 1.72. The molecule has 0 saturated heterocycles. The first-order valence-electron chi connectivity index (χ1n) is 5.27. The summed E-state index contributed by atoms with van der Waals surface area (Å²) in [5.41, 5.74) is 6.92. The maximum Gasteiger partial charge on any atom is 0.405 e. The Morgan fingerprint density at radius 1 is 1.56 bits per heavy atom. The van der Waals surface area contributed by atoms with Crippen LogP contribution in [0.15, 0.2) is 18.2 Å². The van der Waals surface area contributed by atoms with E-state index in [2.05, 4.69) is 0 Å². The second-order valence-corrected chi connectivity index (χ2v) is 4.09. The van der Waals surface area contributed by atoms with E-state index in [1.165, 1.54) is 0 Å². The molecule has 0 aromatic heterocycles. The summed E-state index contributed by atoms with van der Waals surface area (Å²) >= 11 is 6.11. The molecule has 2 N–H and O–H groups in total. The Morgan fingerprint density at radius 2 is 2.25 bits per heavy atom. The minimum absolute atomic E-state index is 0.351. The van der Waals surface area contributed by atoms with E-state index in [1.54, 1.807) is 6.07 Å². The van der Waals surface area contributed by atoms with Crippen LogP contribution >= 0.6 is 11.6 Å². The zero-order chi connectivity index (χ0) is 12.1. The Balaban J connectivity index is 3.04. The fraction of sp³-hybridized carbons (Fsp3) is 0.417. The summed E-state index contributed by atoms with van der Waals surface area (Å²) in [6, 6.07) is 5.60. The van der Waals surface area contributed by atoms with E-state index in [0.717, 1.165) is 17.5 Å². The van der Waals surface area contributed by atoms with Gasteiger partial charge in [0.2, 0.25) is 0 Å². The van der Waals surface area contributed by atoms with Crippen molar-refractivity contribution in [3.8, 4) is 0 Å². The maximum absolute atomic E-state index is 10.8. The third kappa shape index (κ3) is 3.14. The summed E-state index contributed by atoms with van der Waals surface area (Å²) in [6.45, 7) is 3.96. The lowest BCUT2D eigenvalue weighted by Gasteiger charge is -2.19. The number of carbonyl (C=O) groups is 1. The van der Waals surface area contributed by atoms with Crippen molar-refractivity contribution in [3.63, 3.8) is 0 Å². The zero-order valence-electron chi connectivity index (χ0n) is 9.50. The van der Waals surface area contributed by atoms with E-state index >= 15 is 0 Å². The summed E-state index contributed by atoms with van der Waals surface area (Å²) in [6.07, 6.45) is 0.491. The molecule has 0 aliphatic rings. The number of benzene rings is 1. The van der Waals surface area contributed by atoms with E-state index in [4.69, 9.17) is 22.1 Å². The highest BCUT2D eigenvalue weighted by molar-refractivity contribution is 6.31. The van der Waals surface area contributed by atoms with Crippen molar-refractivity contribution in [3.05, 3.63) is 34.3 Å². The summed E-state index contributed by atoms with van der Waals surface area (Å²) < 4.78 is 5.09. The van der Waals surface area contributed by atoms with Gasteiger partial charge in [0.25, 0.3) is 0 Å². The van der Waals surface area contributed by atoms with Gasteiger partial charge >= 0.3 is 6.09 Å². The summed E-state index contributed by atoms with van der Waals surface area (Å²) in [5, 5.41) is 0.611. The molecule has 1 rings (SSSR count). The Kier molecular flexibility index (Phi) is 4.62. The SMILES string of the molecule is CCCC(OC(N)=O)c1c(C)cccc1Cl. The Labute approximate surface area is 101 Å².